The lowest BCUT2D eigenvalue weighted by atomic mass is 10.0. The van der Waals surface area contributed by atoms with Crippen molar-refractivity contribution >= 4 is 87.2 Å². The van der Waals surface area contributed by atoms with Crippen molar-refractivity contribution in [1.29, 1.82) is 0 Å². The Morgan fingerprint density at radius 3 is 0.978 bits per heavy atom. The van der Waals surface area contributed by atoms with Gasteiger partial charge in [0.2, 0.25) is 0 Å². The molecule has 0 radical (unpaired) electrons. The van der Waals surface area contributed by atoms with Crippen molar-refractivity contribution in [1.82, 2.24) is 28.2 Å². The van der Waals surface area contributed by atoms with Gasteiger partial charge in [0.1, 0.15) is 0 Å². The number of hydrogen-bond acceptors (Lipinski definition) is 2. The number of benzene rings is 12. The highest BCUT2D eigenvalue weighted by Crippen LogP contribution is 2.46. The normalized spacial score (nSPS) is 11.7. The summed E-state index contributed by atoms with van der Waals surface area (Å²) in [5.41, 5.74) is 26.3. The number of fused-ring (bicyclic) bond motifs is 14. The highest BCUT2D eigenvalue weighted by atomic mass is 15.1. The molecule has 6 heterocycles. The standard InChI is InChI=1S/C45H35N3.C42H29N3/c1-3-30-20-24-42-38(26-30)36-22-23-37-39-27-31(4-2)21-25-43(39)48(45(37)44(36)47(42)34-18-12-7-13-19-34)35-28-40(32-14-8-5-9-15-32)46-41(29-35)33-16-10-6-11-17-33;1-28-25-35-33-21-11-13-23-38(33)44(31-19-9-4-10-20-31)41(35)42-40(28)34-22-12-14-24-39(34)45(42)32-26-36(29-15-5-2-6-16-29)43-37(27-32)30-17-7-3-8-18-30/h5-29H,3-4H2,1-2H3;2-27H,1H3. The summed E-state index contributed by atoms with van der Waals surface area (Å²) >= 11 is 0. The maximum absolute atomic E-state index is 5.23. The van der Waals surface area contributed by atoms with E-state index in [2.05, 4.69) is 348 Å². The van der Waals surface area contributed by atoms with Crippen LogP contribution in [0.2, 0.25) is 0 Å². The van der Waals surface area contributed by atoms with Crippen molar-refractivity contribution in [3.8, 4) is 67.8 Å². The number of hydrogen-bond donors (Lipinski definition) is 0. The van der Waals surface area contributed by atoms with Gasteiger partial charge in [0.15, 0.2) is 0 Å². The molecule has 0 bridgehead atoms. The van der Waals surface area contributed by atoms with Crippen molar-refractivity contribution < 1.29 is 0 Å². The molecule has 442 valence electrons. The summed E-state index contributed by atoms with van der Waals surface area (Å²) in [4.78, 5) is 10.4. The third kappa shape index (κ3) is 9.32. The maximum Gasteiger partial charge on any atom is 0.0791 e. The molecule has 0 amide bonds. The van der Waals surface area contributed by atoms with Gasteiger partial charge in [-0.2, -0.15) is 0 Å². The van der Waals surface area contributed by atoms with Crippen molar-refractivity contribution in [3.63, 3.8) is 0 Å². The third-order valence-corrected chi connectivity index (χ3v) is 18.8. The van der Waals surface area contributed by atoms with E-state index in [1.54, 1.807) is 0 Å². The molecule has 0 saturated heterocycles. The fraction of sp³-hybridized carbons (Fsp3) is 0.0575. The van der Waals surface area contributed by atoms with Crippen LogP contribution >= 0.6 is 0 Å². The monoisotopic (exact) mass is 1190 g/mol. The Morgan fingerprint density at radius 2 is 0.570 bits per heavy atom. The van der Waals surface area contributed by atoms with Crippen LogP contribution in [0, 0.1) is 6.92 Å². The molecule has 93 heavy (non-hydrogen) atoms. The zero-order valence-electron chi connectivity index (χ0n) is 52.0. The van der Waals surface area contributed by atoms with Crippen LogP contribution in [0.4, 0.5) is 0 Å². The zero-order valence-corrected chi connectivity index (χ0v) is 52.0. The first kappa shape index (κ1) is 55.2. The van der Waals surface area contributed by atoms with Crippen LogP contribution in [0.15, 0.2) is 309 Å². The first-order valence-electron chi connectivity index (χ1n) is 32.3. The van der Waals surface area contributed by atoms with Gasteiger partial charge < -0.3 is 18.3 Å². The number of aryl methyl sites for hydroxylation is 3. The summed E-state index contributed by atoms with van der Waals surface area (Å²) in [5, 5.41) is 10.1. The minimum absolute atomic E-state index is 0.949. The molecule has 6 nitrogen and oxygen atoms in total. The molecular weight excluding hydrogens is 1130 g/mol. The predicted octanol–water partition coefficient (Wildman–Crippen LogP) is 22.7. The van der Waals surface area contributed by atoms with Crippen LogP contribution < -0.4 is 0 Å². The predicted molar refractivity (Wildman–Crippen MR) is 391 cm³/mol. The van der Waals surface area contributed by atoms with Gasteiger partial charge >= 0.3 is 0 Å². The van der Waals surface area contributed by atoms with E-state index in [9.17, 15) is 0 Å². The fourth-order valence-electron chi connectivity index (χ4n) is 14.5. The highest BCUT2D eigenvalue weighted by molar-refractivity contribution is 6.26. The van der Waals surface area contributed by atoms with Gasteiger partial charge in [-0.25, -0.2) is 9.97 Å². The smallest absolute Gasteiger partial charge is 0.0791 e. The molecule has 0 fully saturated rings. The molecule has 12 aromatic carbocycles. The second-order valence-corrected chi connectivity index (χ2v) is 24.3. The Hall–Kier alpha value is -11.9. The Labute approximate surface area is 539 Å². The van der Waals surface area contributed by atoms with E-state index in [1.165, 1.54) is 104 Å². The molecule has 0 aliphatic carbocycles. The first-order chi connectivity index (χ1) is 46.0. The van der Waals surface area contributed by atoms with Crippen LogP contribution in [0.25, 0.3) is 155 Å². The fourth-order valence-corrected chi connectivity index (χ4v) is 14.5. The van der Waals surface area contributed by atoms with Crippen molar-refractivity contribution in [3.05, 3.63) is 326 Å². The molecule has 18 rings (SSSR count). The summed E-state index contributed by atoms with van der Waals surface area (Å²) in [6.07, 6.45) is 1.98. The van der Waals surface area contributed by atoms with Crippen molar-refractivity contribution in [2.75, 3.05) is 0 Å². The molecule has 6 heteroatoms. The molecule has 0 spiro atoms. The lowest BCUT2D eigenvalue weighted by Crippen LogP contribution is -2.01. The SMILES string of the molecule is CCc1ccc2c(c1)c1ccc3c4cc(CC)ccc4n(-c4cc(-c5ccccc5)nc(-c5ccccc5)c4)c3c1n2-c1ccccc1.Cc1cc2c3ccccc3n(-c3ccccc3)c2c2c1c1ccccc1n2-c1cc(-c2ccccc2)nc(-c2ccccc2)c1. The molecule has 0 saturated carbocycles. The minimum atomic E-state index is 0.949. The van der Waals surface area contributed by atoms with Crippen molar-refractivity contribution in [2.24, 2.45) is 0 Å². The van der Waals surface area contributed by atoms with E-state index in [0.29, 0.717) is 0 Å². The number of para-hydroxylation sites is 4. The van der Waals surface area contributed by atoms with E-state index >= 15 is 0 Å². The number of aromatic nitrogens is 6. The second-order valence-electron chi connectivity index (χ2n) is 24.3. The van der Waals surface area contributed by atoms with Crippen molar-refractivity contribution in [2.45, 2.75) is 33.6 Å². The Balaban J connectivity index is 0.000000142. The highest BCUT2D eigenvalue weighted by Gasteiger charge is 2.26. The van der Waals surface area contributed by atoms with E-state index in [1.807, 2.05) is 0 Å². The van der Waals surface area contributed by atoms with E-state index in [0.717, 1.165) is 80.6 Å². The second kappa shape index (κ2) is 22.9. The molecule has 0 aliphatic rings. The summed E-state index contributed by atoms with van der Waals surface area (Å²) in [7, 11) is 0. The summed E-state index contributed by atoms with van der Waals surface area (Å²) in [6, 6.07) is 111. The van der Waals surface area contributed by atoms with Gasteiger partial charge in [-0.3, -0.25) is 0 Å². The molecule has 6 aromatic heterocycles. The number of rotatable bonds is 10. The van der Waals surface area contributed by atoms with Gasteiger partial charge in [-0.15, -0.1) is 0 Å². The summed E-state index contributed by atoms with van der Waals surface area (Å²) in [6.45, 7) is 6.72. The Kier molecular flexibility index (Phi) is 13.6. The minimum Gasteiger partial charge on any atom is -0.307 e. The van der Waals surface area contributed by atoms with Gasteiger partial charge in [-0.05, 0) is 127 Å². The van der Waals surface area contributed by atoms with Gasteiger partial charge in [-0.1, -0.05) is 232 Å². The zero-order chi connectivity index (χ0) is 62.1. The summed E-state index contributed by atoms with van der Waals surface area (Å²) in [5.74, 6) is 0. The topological polar surface area (TPSA) is 45.5 Å². The lowest BCUT2D eigenvalue weighted by molar-refractivity contribution is 1.13. The summed E-state index contributed by atoms with van der Waals surface area (Å²) < 4.78 is 9.88. The third-order valence-electron chi connectivity index (χ3n) is 18.8. The average Bonchev–Trinajstić information content (AvgIpc) is 1.56. The maximum atomic E-state index is 5.23. The molecule has 18 aromatic rings. The molecule has 0 unspecified atom stereocenters. The Bertz CT molecular complexity index is 5750. The van der Waals surface area contributed by atoms with E-state index in [4.69, 9.17) is 9.97 Å². The van der Waals surface area contributed by atoms with Gasteiger partial charge in [0.05, 0.1) is 78.3 Å². The quantitative estimate of drug-likeness (QED) is 0.137. The number of nitrogens with zero attached hydrogens (tertiary/aromatic N) is 6. The van der Waals surface area contributed by atoms with E-state index in [-0.39, 0.29) is 0 Å². The molecular formula is C87H64N6. The lowest BCUT2D eigenvalue weighted by Gasteiger charge is -2.15. The van der Waals surface area contributed by atoms with Crippen LogP contribution in [0.5, 0.6) is 0 Å². The van der Waals surface area contributed by atoms with Crippen LogP contribution in [-0.2, 0) is 12.8 Å². The Morgan fingerprint density at radius 1 is 0.247 bits per heavy atom. The molecule has 0 aliphatic heterocycles. The largest absolute Gasteiger partial charge is 0.307 e. The van der Waals surface area contributed by atoms with E-state index < -0.39 is 0 Å². The molecule has 0 atom stereocenters. The van der Waals surface area contributed by atoms with Crippen LogP contribution in [0.1, 0.15) is 30.5 Å². The first-order valence-corrected chi connectivity index (χ1v) is 32.3. The van der Waals surface area contributed by atoms with Gasteiger partial charge in [0, 0.05) is 76.7 Å². The molecule has 0 N–H and O–H groups in total. The van der Waals surface area contributed by atoms with Crippen LogP contribution in [-0.4, -0.2) is 28.2 Å². The van der Waals surface area contributed by atoms with Gasteiger partial charge in [0.25, 0.3) is 0 Å². The number of pyridine rings is 2. The average molecular weight is 1190 g/mol. The van der Waals surface area contributed by atoms with Crippen LogP contribution in [0.3, 0.4) is 0 Å².